The van der Waals surface area contributed by atoms with E-state index in [1.54, 1.807) is 6.92 Å². The van der Waals surface area contributed by atoms with Gasteiger partial charge in [-0.2, -0.15) is 0 Å². The van der Waals surface area contributed by atoms with Crippen molar-refractivity contribution in [3.63, 3.8) is 0 Å². The first kappa shape index (κ1) is 17.9. The lowest BCUT2D eigenvalue weighted by molar-refractivity contribution is 0.0951. The molecule has 0 aliphatic carbocycles. The van der Waals surface area contributed by atoms with Gasteiger partial charge in [0.05, 0.1) is 17.6 Å². The highest BCUT2D eigenvalue weighted by atomic mass is 35.7. The van der Waals surface area contributed by atoms with Gasteiger partial charge in [-0.3, -0.25) is 9.00 Å². The number of carbonyl (C=O) groups is 1. The predicted octanol–water partition coefficient (Wildman–Crippen LogP) is 1.12. The summed E-state index contributed by atoms with van der Waals surface area (Å²) < 4.78 is 38.9. The molecular weight excluding hydrogens is 338 g/mol. The van der Waals surface area contributed by atoms with Crippen molar-refractivity contribution in [3.8, 4) is 5.75 Å². The van der Waals surface area contributed by atoms with Crippen LogP contribution >= 0.6 is 10.7 Å². The summed E-state index contributed by atoms with van der Waals surface area (Å²) in [5, 5.41) is 2.36. The minimum absolute atomic E-state index is 0.0494. The molecule has 1 aromatic rings. The SMILES string of the molecule is COc1ccc(S(=O)(=O)Cl)cc1C(=O)NCC(C)S(C)=O. The number of rotatable bonds is 6. The molecule has 21 heavy (non-hydrogen) atoms. The molecule has 0 aliphatic rings. The maximum atomic E-state index is 12.1. The van der Waals surface area contributed by atoms with Crippen LogP contribution in [0, 0.1) is 0 Å². The molecule has 1 aromatic carbocycles. The lowest BCUT2D eigenvalue weighted by Gasteiger charge is -2.12. The molecule has 0 saturated carbocycles. The second kappa shape index (κ2) is 7.24. The van der Waals surface area contributed by atoms with Crippen LogP contribution in [0.3, 0.4) is 0 Å². The van der Waals surface area contributed by atoms with Crippen LogP contribution in [0.15, 0.2) is 23.1 Å². The Bertz CT molecular complexity index is 660. The Hall–Kier alpha value is -1.12. The van der Waals surface area contributed by atoms with Gasteiger partial charge in [0.25, 0.3) is 15.0 Å². The van der Waals surface area contributed by atoms with E-state index < -0.39 is 25.8 Å². The van der Waals surface area contributed by atoms with Gasteiger partial charge in [0.1, 0.15) is 5.75 Å². The third-order valence-corrected chi connectivity index (χ3v) is 5.47. The monoisotopic (exact) mass is 353 g/mol. The zero-order valence-electron chi connectivity index (χ0n) is 11.8. The lowest BCUT2D eigenvalue weighted by atomic mass is 10.2. The van der Waals surface area contributed by atoms with E-state index in [0.717, 1.165) is 6.07 Å². The largest absolute Gasteiger partial charge is 0.496 e. The number of hydrogen-bond donors (Lipinski definition) is 1. The van der Waals surface area contributed by atoms with Crippen molar-refractivity contribution in [2.24, 2.45) is 0 Å². The van der Waals surface area contributed by atoms with Crippen molar-refractivity contribution in [2.45, 2.75) is 17.1 Å². The Morgan fingerprint density at radius 3 is 2.57 bits per heavy atom. The van der Waals surface area contributed by atoms with E-state index in [4.69, 9.17) is 15.4 Å². The number of amides is 1. The van der Waals surface area contributed by atoms with E-state index in [9.17, 15) is 17.4 Å². The number of ether oxygens (including phenoxy) is 1. The van der Waals surface area contributed by atoms with Gasteiger partial charge in [0.2, 0.25) is 0 Å². The van der Waals surface area contributed by atoms with Gasteiger partial charge < -0.3 is 10.1 Å². The second-order valence-electron chi connectivity index (χ2n) is 4.32. The first-order valence-electron chi connectivity index (χ1n) is 5.90. The van der Waals surface area contributed by atoms with Gasteiger partial charge in [-0.25, -0.2) is 8.42 Å². The number of nitrogens with one attached hydrogen (secondary N) is 1. The van der Waals surface area contributed by atoms with Crippen LogP contribution in [0.2, 0.25) is 0 Å². The summed E-state index contributed by atoms with van der Waals surface area (Å²) in [6, 6.07) is 3.75. The zero-order chi connectivity index (χ0) is 16.2. The maximum Gasteiger partial charge on any atom is 0.261 e. The van der Waals surface area contributed by atoms with Crippen molar-refractivity contribution in [3.05, 3.63) is 23.8 Å². The molecule has 0 aromatic heterocycles. The number of benzene rings is 1. The Labute approximate surface area is 130 Å². The van der Waals surface area contributed by atoms with E-state index in [0.29, 0.717) is 0 Å². The van der Waals surface area contributed by atoms with E-state index in [1.165, 1.54) is 25.5 Å². The van der Waals surface area contributed by atoms with Gasteiger partial charge in [0.15, 0.2) is 0 Å². The fourth-order valence-electron chi connectivity index (χ4n) is 1.47. The highest BCUT2D eigenvalue weighted by molar-refractivity contribution is 8.13. The normalized spacial score (nSPS) is 14.3. The number of methoxy groups -OCH3 is 1. The number of halogens is 1. The third-order valence-electron chi connectivity index (χ3n) is 2.81. The van der Waals surface area contributed by atoms with Gasteiger partial charge in [0, 0.05) is 39.5 Å². The molecule has 2 atom stereocenters. The van der Waals surface area contributed by atoms with Crippen LogP contribution in [0.5, 0.6) is 5.75 Å². The Kier molecular flexibility index (Phi) is 6.18. The summed E-state index contributed by atoms with van der Waals surface area (Å²) in [7, 11) is 1.61. The molecular formula is C12H16ClNO5S2. The molecule has 6 nitrogen and oxygen atoms in total. The quantitative estimate of drug-likeness (QED) is 0.774. The Morgan fingerprint density at radius 1 is 1.48 bits per heavy atom. The topological polar surface area (TPSA) is 89.5 Å². The third kappa shape index (κ3) is 4.98. The van der Waals surface area contributed by atoms with Crippen molar-refractivity contribution in [1.82, 2.24) is 5.32 Å². The fraction of sp³-hybridized carbons (Fsp3) is 0.417. The summed E-state index contributed by atoms with van der Waals surface area (Å²) in [5.74, 6) is -0.298. The molecule has 2 unspecified atom stereocenters. The number of hydrogen-bond acceptors (Lipinski definition) is 5. The van der Waals surface area contributed by atoms with E-state index >= 15 is 0 Å². The maximum absolute atomic E-state index is 12.1. The first-order chi connectivity index (χ1) is 9.66. The van der Waals surface area contributed by atoms with Crippen LogP contribution in [0.1, 0.15) is 17.3 Å². The summed E-state index contributed by atoms with van der Waals surface area (Å²) in [4.78, 5) is 11.9. The molecule has 1 amide bonds. The van der Waals surface area contributed by atoms with E-state index in [2.05, 4.69) is 5.32 Å². The highest BCUT2D eigenvalue weighted by Crippen LogP contribution is 2.24. The summed E-state index contributed by atoms with van der Waals surface area (Å²) in [6.45, 7) is 1.93. The van der Waals surface area contributed by atoms with Crippen molar-refractivity contribution < 1.29 is 22.2 Å². The zero-order valence-corrected chi connectivity index (χ0v) is 14.1. The molecule has 0 heterocycles. The molecule has 0 fully saturated rings. The standard InChI is InChI=1S/C12H16ClNO5S2/c1-8(20(3)16)7-14-12(15)10-6-9(21(13,17)18)4-5-11(10)19-2/h4-6,8H,7H2,1-3H3,(H,14,15). The van der Waals surface area contributed by atoms with Crippen LogP contribution in [-0.2, 0) is 19.9 Å². The minimum atomic E-state index is -3.94. The van der Waals surface area contributed by atoms with Gasteiger partial charge in [-0.05, 0) is 25.1 Å². The molecule has 1 N–H and O–H groups in total. The molecule has 118 valence electrons. The van der Waals surface area contributed by atoms with Crippen molar-refractivity contribution >= 4 is 36.4 Å². The Balaban J connectivity index is 3.04. The molecule has 1 rings (SSSR count). The van der Waals surface area contributed by atoms with Crippen molar-refractivity contribution in [1.29, 1.82) is 0 Å². The second-order valence-corrected chi connectivity index (χ2v) is 8.69. The van der Waals surface area contributed by atoms with E-state index in [1.807, 2.05) is 0 Å². The molecule has 0 bridgehead atoms. The molecule has 0 spiro atoms. The average molecular weight is 354 g/mol. The summed E-state index contributed by atoms with van der Waals surface area (Å²) in [6.07, 6.45) is 1.54. The van der Waals surface area contributed by atoms with Crippen molar-refractivity contribution in [2.75, 3.05) is 19.9 Å². The lowest BCUT2D eigenvalue weighted by Crippen LogP contribution is -2.32. The van der Waals surface area contributed by atoms with Crippen LogP contribution in [0.4, 0.5) is 0 Å². The average Bonchev–Trinajstić information content (AvgIpc) is 2.42. The fourth-order valence-corrected chi connectivity index (χ4v) is 2.56. The molecule has 0 saturated heterocycles. The van der Waals surface area contributed by atoms with Gasteiger partial charge in [-0.15, -0.1) is 0 Å². The molecule has 0 aliphatic heterocycles. The highest BCUT2D eigenvalue weighted by Gasteiger charge is 2.19. The molecule has 9 heteroatoms. The number of carbonyl (C=O) groups excluding carboxylic acids is 1. The minimum Gasteiger partial charge on any atom is -0.496 e. The van der Waals surface area contributed by atoms with Gasteiger partial charge >= 0.3 is 0 Å². The predicted molar refractivity (Wildman–Crippen MR) is 81.9 cm³/mol. The van der Waals surface area contributed by atoms with E-state index in [-0.39, 0.29) is 28.0 Å². The smallest absolute Gasteiger partial charge is 0.261 e. The van der Waals surface area contributed by atoms with Gasteiger partial charge in [-0.1, -0.05) is 0 Å². The Morgan fingerprint density at radius 2 is 2.10 bits per heavy atom. The van der Waals surface area contributed by atoms with Crippen LogP contribution < -0.4 is 10.1 Å². The van der Waals surface area contributed by atoms with Crippen LogP contribution in [0.25, 0.3) is 0 Å². The van der Waals surface area contributed by atoms with Crippen LogP contribution in [-0.4, -0.2) is 43.7 Å². The molecule has 0 radical (unpaired) electrons. The summed E-state index contributed by atoms with van der Waals surface area (Å²) in [5.41, 5.74) is 0.0494. The first-order valence-corrected chi connectivity index (χ1v) is 9.83. The summed E-state index contributed by atoms with van der Waals surface area (Å²) >= 11 is 0.